The molecule has 0 amide bonds. The maximum absolute atomic E-state index is 12.9. The second-order valence-corrected chi connectivity index (χ2v) is 9.55. The second kappa shape index (κ2) is 8.55. The number of benzene rings is 2. The number of carbonyl (C=O) groups is 1. The lowest BCUT2D eigenvalue weighted by Gasteiger charge is -2.22. The summed E-state index contributed by atoms with van der Waals surface area (Å²) in [5, 5.41) is 9.80. The van der Waals surface area contributed by atoms with Crippen LogP contribution in [0.25, 0.3) is 0 Å². The van der Waals surface area contributed by atoms with Gasteiger partial charge in [0.25, 0.3) is 10.0 Å². The van der Waals surface area contributed by atoms with E-state index in [9.17, 15) is 18.3 Å². The Morgan fingerprint density at radius 2 is 1.70 bits per heavy atom. The number of pyridine rings is 1. The van der Waals surface area contributed by atoms with Crippen LogP contribution in [-0.4, -0.2) is 30.9 Å². The van der Waals surface area contributed by atoms with Crippen LogP contribution in [0.5, 0.6) is 0 Å². The zero-order valence-electron chi connectivity index (χ0n) is 16.5. The molecule has 0 bridgehead atoms. The van der Waals surface area contributed by atoms with Crippen molar-refractivity contribution in [3.8, 4) is 0 Å². The molecule has 1 aromatic heterocycles. The third kappa shape index (κ3) is 4.70. The Kier molecular flexibility index (Phi) is 6.26. The molecule has 8 heteroatoms. The normalized spacial score (nSPS) is 11.9. The SMILES string of the molecule is CC(C)(CO)c1ccc(S(=O)(=O)Nc2ccc(Cl)cc2C(=O)c2ccncc2)cc1. The van der Waals surface area contributed by atoms with Crippen molar-refractivity contribution in [2.75, 3.05) is 11.3 Å². The van der Waals surface area contributed by atoms with Crippen LogP contribution >= 0.6 is 11.6 Å². The largest absolute Gasteiger partial charge is 0.395 e. The number of aliphatic hydroxyl groups is 1. The summed E-state index contributed by atoms with van der Waals surface area (Å²) in [6.45, 7) is 3.65. The minimum absolute atomic E-state index is 0.0391. The number of halogens is 1. The van der Waals surface area contributed by atoms with Crippen molar-refractivity contribution >= 4 is 33.1 Å². The maximum atomic E-state index is 12.9. The second-order valence-electron chi connectivity index (χ2n) is 7.43. The monoisotopic (exact) mass is 444 g/mol. The number of anilines is 1. The lowest BCUT2D eigenvalue weighted by molar-refractivity contribution is 0.103. The zero-order chi connectivity index (χ0) is 21.9. The van der Waals surface area contributed by atoms with Gasteiger partial charge in [-0.1, -0.05) is 37.6 Å². The molecule has 0 saturated heterocycles. The highest BCUT2D eigenvalue weighted by Gasteiger charge is 2.23. The number of ketones is 1. The quantitative estimate of drug-likeness (QED) is 0.536. The first-order valence-corrected chi connectivity index (χ1v) is 11.0. The summed E-state index contributed by atoms with van der Waals surface area (Å²) < 4.78 is 28.3. The molecule has 6 nitrogen and oxygen atoms in total. The van der Waals surface area contributed by atoms with Crippen LogP contribution in [-0.2, 0) is 15.4 Å². The predicted molar refractivity (Wildman–Crippen MR) is 116 cm³/mol. The minimum atomic E-state index is -3.95. The zero-order valence-corrected chi connectivity index (χ0v) is 18.0. The average Bonchev–Trinajstić information content (AvgIpc) is 2.75. The van der Waals surface area contributed by atoms with Crippen molar-refractivity contribution in [2.45, 2.75) is 24.2 Å². The van der Waals surface area contributed by atoms with Crippen molar-refractivity contribution in [1.82, 2.24) is 4.98 Å². The van der Waals surface area contributed by atoms with E-state index in [2.05, 4.69) is 9.71 Å². The van der Waals surface area contributed by atoms with Gasteiger partial charge in [-0.15, -0.1) is 0 Å². The number of aliphatic hydroxyl groups excluding tert-OH is 1. The summed E-state index contributed by atoms with van der Waals surface area (Å²) in [5.41, 5.74) is 0.944. The molecule has 0 fully saturated rings. The van der Waals surface area contributed by atoms with Gasteiger partial charge >= 0.3 is 0 Å². The Morgan fingerprint density at radius 1 is 1.07 bits per heavy atom. The molecular weight excluding hydrogens is 424 g/mol. The van der Waals surface area contributed by atoms with Crippen LogP contribution in [0.3, 0.4) is 0 Å². The Labute approximate surface area is 180 Å². The summed E-state index contributed by atoms with van der Waals surface area (Å²) in [5.74, 6) is -0.377. The lowest BCUT2D eigenvalue weighted by atomic mass is 9.86. The Balaban J connectivity index is 1.95. The third-order valence-electron chi connectivity index (χ3n) is 4.75. The van der Waals surface area contributed by atoms with Gasteiger partial charge in [-0.3, -0.25) is 14.5 Å². The van der Waals surface area contributed by atoms with Crippen LogP contribution < -0.4 is 4.72 Å². The van der Waals surface area contributed by atoms with Gasteiger partial charge in [0.15, 0.2) is 5.78 Å². The highest BCUT2D eigenvalue weighted by atomic mass is 35.5. The van der Waals surface area contributed by atoms with Crippen molar-refractivity contribution in [1.29, 1.82) is 0 Å². The van der Waals surface area contributed by atoms with Gasteiger partial charge in [-0.05, 0) is 48.0 Å². The van der Waals surface area contributed by atoms with E-state index in [0.29, 0.717) is 10.6 Å². The van der Waals surface area contributed by atoms with E-state index in [4.69, 9.17) is 11.6 Å². The third-order valence-corrected chi connectivity index (χ3v) is 6.37. The molecule has 0 unspecified atom stereocenters. The van der Waals surface area contributed by atoms with Crippen LogP contribution in [0.2, 0.25) is 5.02 Å². The van der Waals surface area contributed by atoms with Gasteiger partial charge < -0.3 is 5.11 Å². The minimum Gasteiger partial charge on any atom is -0.395 e. The molecule has 2 N–H and O–H groups in total. The Hall–Kier alpha value is -2.74. The molecule has 2 aromatic carbocycles. The summed E-state index contributed by atoms with van der Waals surface area (Å²) in [4.78, 5) is 16.8. The molecule has 0 radical (unpaired) electrons. The molecule has 30 heavy (non-hydrogen) atoms. The van der Waals surface area contributed by atoms with E-state index in [1.165, 1.54) is 42.7 Å². The van der Waals surface area contributed by atoms with E-state index in [1.54, 1.807) is 24.3 Å². The number of sulfonamides is 1. The molecular formula is C22H21ClN2O4S. The van der Waals surface area contributed by atoms with Gasteiger partial charge in [0.2, 0.25) is 0 Å². The van der Waals surface area contributed by atoms with E-state index in [1.807, 2.05) is 13.8 Å². The number of nitrogens with one attached hydrogen (secondary N) is 1. The smallest absolute Gasteiger partial charge is 0.261 e. The lowest BCUT2D eigenvalue weighted by Crippen LogP contribution is -2.22. The van der Waals surface area contributed by atoms with Crippen molar-refractivity contribution in [3.05, 3.63) is 88.7 Å². The molecule has 3 rings (SSSR count). The Bertz CT molecular complexity index is 1160. The number of nitrogens with zero attached hydrogens (tertiary/aromatic N) is 1. The van der Waals surface area contributed by atoms with Crippen LogP contribution in [0, 0.1) is 0 Å². The molecule has 0 aliphatic heterocycles. The number of aromatic nitrogens is 1. The van der Waals surface area contributed by atoms with Gasteiger partial charge in [0.1, 0.15) is 0 Å². The highest BCUT2D eigenvalue weighted by Crippen LogP contribution is 2.28. The van der Waals surface area contributed by atoms with E-state index < -0.39 is 15.4 Å². The molecule has 156 valence electrons. The van der Waals surface area contributed by atoms with E-state index in [0.717, 1.165) is 5.56 Å². The number of carbonyl (C=O) groups excluding carboxylic acids is 1. The van der Waals surface area contributed by atoms with Gasteiger partial charge in [0.05, 0.1) is 17.2 Å². The number of hydrogen-bond acceptors (Lipinski definition) is 5. The topological polar surface area (TPSA) is 96.4 Å². The van der Waals surface area contributed by atoms with E-state index >= 15 is 0 Å². The molecule has 0 aliphatic rings. The standard InChI is InChI=1S/C22H21ClN2O4S/c1-22(2,14-26)16-3-6-18(7-4-16)30(28,29)25-20-8-5-17(23)13-19(20)21(27)15-9-11-24-12-10-15/h3-13,25-26H,14H2,1-2H3. The first kappa shape index (κ1) is 22.0. The fourth-order valence-electron chi connectivity index (χ4n) is 2.83. The highest BCUT2D eigenvalue weighted by molar-refractivity contribution is 7.92. The van der Waals surface area contributed by atoms with Crippen molar-refractivity contribution < 1.29 is 18.3 Å². The maximum Gasteiger partial charge on any atom is 0.261 e. The summed E-state index contributed by atoms with van der Waals surface area (Å²) in [6.07, 6.45) is 2.97. The van der Waals surface area contributed by atoms with E-state index in [-0.39, 0.29) is 28.5 Å². The molecule has 0 spiro atoms. The first-order chi connectivity index (χ1) is 14.1. The first-order valence-electron chi connectivity index (χ1n) is 9.12. The predicted octanol–water partition coefficient (Wildman–Crippen LogP) is 4.04. The van der Waals surface area contributed by atoms with Gasteiger partial charge in [-0.2, -0.15) is 0 Å². The summed E-state index contributed by atoms with van der Waals surface area (Å²) in [7, 11) is -3.95. The van der Waals surface area contributed by atoms with Crippen LogP contribution in [0.4, 0.5) is 5.69 Å². The molecule has 0 atom stereocenters. The molecule has 3 aromatic rings. The van der Waals surface area contributed by atoms with Gasteiger partial charge in [0, 0.05) is 34.0 Å². The average molecular weight is 445 g/mol. The molecule has 0 saturated carbocycles. The summed E-state index contributed by atoms with van der Waals surface area (Å²) in [6, 6.07) is 13.7. The van der Waals surface area contributed by atoms with Gasteiger partial charge in [-0.25, -0.2) is 8.42 Å². The summed E-state index contributed by atoms with van der Waals surface area (Å²) >= 11 is 6.05. The Morgan fingerprint density at radius 3 is 2.30 bits per heavy atom. The van der Waals surface area contributed by atoms with Crippen molar-refractivity contribution in [2.24, 2.45) is 0 Å². The fraction of sp³-hybridized carbons (Fsp3) is 0.182. The fourth-order valence-corrected chi connectivity index (χ4v) is 4.08. The molecule has 0 aliphatic carbocycles. The van der Waals surface area contributed by atoms with Crippen molar-refractivity contribution in [3.63, 3.8) is 0 Å². The number of rotatable bonds is 7. The van der Waals surface area contributed by atoms with Crippen LogP contribution in [0.1, 0.15) is 35.3 Å². The molecule has 1 heterocycles. The number of hydrogen-bond donors (Lipinski definition) is 2. The van der Waals surface area contributed by atoms with Crippen LogP contribution in [0.15, 0.2) is 71.9 Å².